The molecule has 11 heteroatoms. The van der Waals surface area contributed by atoms with Crippen molar-refractivity contribution in [1.29, 1.82) is 0 Å². The van der Waals surface area contributed by atoms with Gasteiger partial charge in [-0.3, -0.25) is 4.79 Å². The predicted octanol–water partition coefficient (Wildman–Crippen LogP) is 4.46. The van der Waals surface area contributed by atoms with E-state index in [9.17, 15) is 21.6 Å². The van der Waals surface area contributed by atoms with Crippen molar-refractivity contribution in [3.05, 3.63) is 60.2 Å². The highest BCUT2D eigenvalue weighted by Gasteiger charge is 2.28. The fourth-order valence-electron chi connectivity index (χ4n) is 5.33. The number of sulfonamides is 1. The number of benzene rings is 2. The molecule has 0 radical (unpaired) electrons. The molecule has 0 bridgehead atoms. The van der Waals surface area contributed by atoms with Crippen LogP contribution in [0, 0.1) is 5.92 Å². The maximum Gasteiger partial charge on any atom is 0.250 e. The molecule has 40 heavy (non-hydrogen) atoms. The van der Waals surface area contributed by atoms with E-state index in [0.29, 0.717) is 24.3 Å². The number of sulfone groups is 1. The van der Waals surface area contributed by atoms with E-state index >= 15 is 0 Å². The van der Waals surface area contributed by atoms with E-state index in [4.69, 9.17) is 0 Å². The maximum absolute atomic E-state index is 13.4. The summed E-state index contributed by atoms with van der Waals surface area (Å²) in [4.78, 5) is 17.0. The second-order valence-corrected chi connectivity index (χ2v) is 14.6. The van der Waals surface area contributed by atoms with E-state index in [1.807, 2.05) is 0 Å². The number of anilines is 1. The van der Waals surface area contributed by atoms with Crippen LogP contribution < -0.4 is 4.90 Å². The summed E-state index contributed by atoms with van der Waals surface area (Å²) < 4.78 is 51.6. The molecular weight excluding hydrogens is 570 g/mol. The van der Waals surface area contributed by atoms with Crippen molar-refractivity contribution in [2.75, 3.05) is 50.9 Å². The minimum Gasteiger partial charge on any atom is -0.312 e. The molecule has 1 aliphatic carbocycles. The van der Waals surface area contributed by atoms with Gasteiger partial charge in [-0.1, -0.05) is 31.4 Å². The Hall–Kier alpha value is -2.24. The van der Waals surface area contributed by atoms with Gasteiger partial charge in [-0.05, 0) is 79.8 Å². The minimum atomic E-state index is -3.62. The number of hydrogen-bond donors (Lipinski definition) is 0. The number of likely N-dealkylation sites (N-methyl/N-ethyl adjacent to an activating group) is 1. The molecular formula is C29H40ClN3O5S2. The second-order valence-electron chi connectivity index (χ2n) is 10.6. The summed E-state index contributed by atoms with van der Waals surface area (Å²) >= 11 is 0. The molecule has 0 aromatic heterocycles. The first kappa shape index (κ1) is 32.3. The van der Waals surface area contributed by atoms with Crippen LogP contribution in [0.1, 0.15) is 44.1 Å². The average Bonchev–Trinajstić information content (AvgIpc) is 3.18. The quantitative estimate of drug-likeness (QED) is 0.410. The highest BCUT2D eigenvalue weighted by molar-refractivity contribution is 7.90. The first-order valence-electron chi connectivity index (χ1n) is 13.6. The molecule has 220 valence electrons. The summed E-state index contributed by atoms with van der Waals surface area (Å²) in [6, 6.07) is 12.7. The average molecular weight is 610 g/mol. The Morgan fingerprint density at radius 3 is 2.10 bits per heavy atom. The molecule has 1 amide bonds. The third-order valence-corrected chi connectivity index (χ3v) is 10.7. The zero-order valence-corrected chi connectivity index (χ0v) is 25.7. The summed E-state index contributed by atoms with van der Waals surface area (Å²) in [5, 5.41) is 0. The fourth-order valence-corrected chi connectivity index (χ4v) is 7.43. The maximum atomic E-state index is 13.4. The van der Waals surface area contributed by atoms with Crippen LogP contribution in [-0.4, -0.2) is 78.0 Å². The molecule has 0 unspecified atom stereocenters. The summed E-state index contributed by atoms with van der Waals surface area (Å²) in [5.74, 6) is 0.452. The van der Waals surface area contributed by atoms with E-state index in [0.717, 1.165) is 38.2 Å². The number of halogens is 1. The molecule has 0 spiro atoms. The van der Waals surface area contributed by atoms with Gasteiger partial charge < -0.3 is 9.80 Å². The van der Waals surface area contributed by atoms with Crippen molar-refractivity contribution in [1.82, 2.24) is 9.21 Å². The second kappa shape index (κ2) is 14.1. The Bertz CT molecular complexity index is 1370. The topological polar surface area (TPSA) is 95.1 Å². The lowest BCUT2D eigenvalue weighted by Gasteiger charge is -2.28. The molecule has 1 saturated carbocycles. The van der Waals surface area contributed by atoms with Crippen LogP contribution in [0.4, 0.5) is 5.69 Å². The van der Waals surface area contributed by atoms with Crippen LogP contribution in [-0.2, 0) is 24.7 Å². The van der Waals surface area contributed by atoms with Crippen LogP contribution in [0.25, 0.3) is 6.08 Å². The summed E-state index contributed by atoms with van der Waals surface area (Å²) in [6.07, 6.45) is 11.5. The highest BCUT2D eigenvalue weighted by Crippen LogP contribution is 2.26. The van der Waals surface area contributed by atoms with Crippen LogP contribution >= 0.6 is 12.4 Å². The molecule has 4 rings (SSSR count). The molecule has 1 saturated heterocycles. The Morgan fingerprint density at radius 1 is 0.850 bits per heavy atom. The molecule has 0 atom stereocenters. The summed E-state index contributed by atoms with van der Waals surface area (Å²) in [6.45, 7) is 3.77. The van der Waals surface area contributed by atoms with Crippen molar-refractivity contribution < 1.29 is 21.6 Å². The largest absolute Gasteiger partial charge is 0.312 e. The summed E-state index contributed by atoms with van der Waals surface area (Å²) in [7, 11) is -5.27. The number of carbonyl (C=O) groups is 1. The molecule has 2 aliphatic rings. The SMILES string of the molecule is CN(C(=O)C=Cc1ccc(S(C)(=O)=O)cc1)c1ccc(S(=O)(=O)N2CCCN(CC3CCCCC3)CC2)cc1.Cl. The monoisotopic (exact) mass is 609 g/mol. The van der Waals surface area contributed by atoms with E-state index in [2.05, 4.69) is 4.90 Å². The van der Waals surface area contributed by atoms with E-state index in [1.165, 1.54) is 55.2 Å². The fraction of sp³-hybridized carbons (Fsp3) is 0.483. The Balaban J connectivity index is 0.00000441. The number of carbonyl (C=O) groups excluding carboxylic acids is 1. The van der Waals surface area contributed by atoms with Crippen molar-refractivity contribution in [3.8, 4) is 0 Å². The van der Waals surface area contributed by atoms with Gasteiger partial charge in [0, 0.05) is 51.2 Å². The lowest BCUT2D eigenvalue weighted by Crippen LogP contribution is -2.36. The van der Waals surface area contributed by atoms with Gasteiger partial charge in [0.25, 0.3) is 5.91 Å². The molecule has 0 N–H and O–H groups in total. The molecule has 2 aromatic rings. The third kappa shape index (κ3) is 8.39. The molecule has 2 aromatic carbocycles. The first-order valence-corrected chi connectivity index (χ1v) is 17.0. The van der Waals surface area contributed by atoms with E-state index in [-0.39, 0.29) is 28.1 Å². The Kier molecular flexibility index (Phi) is 11.4. The van der Waals surface area contributed by atoms with Gasteiger partial charge in [0.15, 0.2) is 9.84 Å². The van der Waals surface area contributed by atoms with Crippen LogP contribution in [0.15, 0.2) is 64.4 Å². The minimum absolute atomic E-state index is 0. The highest BCUT2D eigenvalue weighted by atomic mass is 35.5. The van der Waals surface area contributed by atoms with Gasteiger partial charge in [0.2, 0.25) is 10.0 Å². The van der Waals surface area contributed by atoms with Gasteiger partial charge in [-0.2, -0.15) is 4.31 Å². The number of amides is 1. The predicted molar refractivity (Wildman–Crippen MR) is 162 cm³/mol. The molecule has 8 nitrogen and oxygen atoms in total. The number of rotatable bonds is 8. The molecule has 1 aliphatic heterocycles. The van der Waals surface area contributed by atoms with Crippen LogP contribution in [0.3, 0.4) is 0 Å². The van der Waals surface area contributed by atoms with Gasteiger partial charge in [0.1, 0.15) is 0 Å². The van der Waals surface area contributed by atoms with Crippen molar-refractivity contribution in [2.45, 2.75) is 48.3 Å². The molecule has 1 heterocycles. The number of nitrogens with zero attached hydrogens (tertiary/aromatic N) is 3. The van der Waals surface area contributed by atoms with E-state index in [1.54, 1.807) is 53.8 Å². The van der Waals surface area contributed by atoms with Gasteiger partial charge >= 0.3 is 0 Å². The number of hydrogen-bond acceptors (Lipinski definition) is 6. The van der Waals surface area contributed by atoms with Gasteiger partial charge in [-0.15, -0.1) is 12.4 Å². The Labute approximate surface area is 245 Å². The normalized spacial score (nSPS) is 18.2. The standard InChI is InChI=1S/C29H39N3O5S2.ClH/c1-30(29(33)18-11-24-9-14-27(15-10-24)38(2,34)35)26-12-16-28(17-13-26)39(36,37)32-20-6-19-31(21-22-32)23-25-7-4-3-5-8-25;/h9-18,25H,3-8,19-23H2,1-2H3;1H. The first-order chi connectivity index (χ1) is 18.5. The Morgan fingerprint density at radius 2 is 1.48 bits per heavy atom. The van der Waals surface area contributed by atoms with Crippen molar-refractivity contribution in [2.24, 2.45) is 5.92 Å². The third-order valence-electron chi connectivity index (χ3n) is 7.71. The van der Waals surface area contributed by atoms with Crippen molar-refractivity contribution >= 4 is 49.9 Å². The van der Waals surface area contributed by atoms with Crippen LogP contribution in [0.2, 0.25) is 0 Å². The smallest absolute Gasteiger partial charge is 0.250 e. The summed E-state index contributed by atoms with van der Waals surface area (Å²) in [5.41, 5.74) is 1.27. The zero-order valence-electron chi connectivity index (χ0n) is 23.2. The lowest BCUT2D eigenvalue weighted by atomic mass is 9.89. The lowest BCUT2D eigenvalue weighted by molar-refractivity contribution is -0.113. The van der Waals surface area contributed by atoms with E-state index < -0.39 is 19.9 Å². The van der Waals surface area contributed by atoms with Crippen molar-refractivity contribution in [3.63, 3.8) is 0 Å². The zero-order chi connectivity index (χ0) is 28.0. The van der Waals surface area contributed by atoms with Gasteiger partial charge in [-0.25, -0.2) is 16.8 Å². The molecule has 2 fully saturated rings. The van der Waals surface area contributed by atoms with Gasteiger partial charge in [0.05, 0.1) is 9.79 Å². The van der Waals surface area contributed by atoms with Crippen LogP contribution in [0.5, 0.6) is 0 Å².